The van der Waals surface area contributed by atoms with Crippen molar-refractivity contribution < 1.29 is 23.0 Å². The monoisotopic (exact) mass is 536 g/mol. The standard InChI is InChI=1S/C34H42F2O3/c1-3-5-7-9-10-12-14-26-15-21-33(30(35)24-26)39-34(37)28-18-16-27(17-19-28)29-20-22-32(31(36)25-29)38-23-13-11-8-6-4-2/h15-22,24-25H,3-14,23H2,1-2H3. The van der Waals surface area contributed by atoms with Crippen LogP contribution in [-0.4, -0.2) is 12.6 Å². The summed E-state index contributed by atoms with van der Waals surface area (Å²) in [5.74, 6) is -1.44. The van der Waals surface area contributed by atoms with Gasteiger partial charge in [-0.1, -0.05) is 95.9 Å². The highest BCUT2D eigenvalue weighted by molar-refractivity contribution is 5.91. The predicted octanol–water partition coefficient (Wildman–Crippen LogP) is 10.1. The Balaban J connectivity index is 1.51. The molecule has 0 aliphatic rings. The van der Waals surface area contributed by atoms with Gasteiger partial charge >= 0.3 is 5.97 Å². The SMILES string of the molecule is CCCCCCCCc1ccc(OC(=O)c2ccc(-c3ccc(OCCCCCCC)c(F)c3)cc2)c(F)c1. The zero-order valence-corrected chi connectivity index (χ0v) is 23.4. The molecule has 3 aromatic carbocycles. The summed E-state index contributed by atoms with van der Waals surface area (Å²) in [6.07, 6.45) is 13.5. The van der Waals surface area contributed by atoms with Crippen LogP contribution in [0.2, 0.25) is 0 Å². The van der Waals surface area contributed by atoms with Gasteiger partial charge in [0.25, 0.3) is 0 Å². The van der Waals surface area contributed by atoms with Crippen LogP contribution in [-0.2, 0) is 6.42 Å². The lowest BCUT2D eigenvalue weighted by molar-refractivity contribution is 0.0728. The maximum Gasteiger partial charge on any atom is 0.343 e. The molecule has 0 spiro atoms. The second-order valence-electron chi connectivity index (χ2n) is 10.2. The molecule has 3 rings (SSSR count). The van der Waals surface area contributed by atoms with Crippen LogP contribution in [0.15, 0.2) is 60.7 Å². The van der Waals surface area contributed by atoms with E-state index in [9.17, 15) is 13.6 Å². The number of hydrogen-bond acceptors (Lipinski definition) is 3. The lowest BCUT2D eigenvalue weighted by Crippen LogP contribution is -2.09. The molecule has 0 heterocycles. The third-order valence-corrected chi connectivity index (χ3v) is 6.91. The van der Waals surface area contributed by atoms with Gasteiger partial charge in [0.15, 0.2) is 23.1 Å². The first-order valence-corrected chi connectivity index (χ1v) is 14.5. The number of carbonyl (C=O) groups excluding carboxylic acids is 1. The van der Waals surface area contributed by atoms with E-state index in [0.29, 0.717) is 12.2 Å². The normalized spacial score (nSPS) is 11.0. The van der Waals surface area contributed by atoms with E-state index in [4.69, 9.17) is 9.47 Å². The van der Waals surface area contributed by atoms with Crippen molar-refractivity contribution in [2.24, 2.45) is 0 Å². The van der Waals surface area contributed by atoms with Crippen molar-refractivity contribution in [2.45, 2.75) is 90.9 Å². The molecule has 0 saturated heterocycles. The van der Waals surface area contributed by atoms with E-state index in [1.807, 2.05) is 6.07 Å². The van der Waals surface area contributed by atoms with Crippen molar-refractivity contribution in [3.8, 4) is 22.6 Å². The summed E-state index contributed by atoms with van der Waals surface area (Å²) < 4.78 is 40.1. The summed E-state index contributed by atoms with van der Waals surface area (Å²) in [6, 6.07) is 16.3. The molecule has 0 atom stereocenters. The molecule has 0 unspecified atom stereocenters. The maximum atomic E-state index is 14.6. The Kier molecular flexibility index (Phi) is 13.0. The minimum absolute atomic E-state index is 0.0844. The number of rotatable bonds is 17. The maximum absolute atomic E-state index is 14.6. The van der Waals surface area contributed by atoms with E-state index in [2.05, 4.69) is 13.8 Å². The average Bonchev–Trinajstić information content (AvgIpc) is 2.94. The summed E-state index contributed by atoms with van der Waals surface area (Å²) in [6.45, 7) is 4.87. The fraction of sp³-hybridized carbons (Fsp3) is 0.441. The number of aryl methyl sites for hydroxylation is 1. The Labute approximate surface area is 232 Å². The zero-order chi connectivity index (χ0) is 27.9. The first-order chi connectivity index (χ1) is 19.0. The fourth-order valence-electron chi connectivity index (χ4n) is 4.53. The Hall–Kier alpha value is -3.21. The highest BCUT2D eigenvalue weighted by Crippen LogP contribution is 2.27. The van der Waals surface area contributed by atoms with Gasteiger partial charge in [0.2, 0.25) is 0 Å². The van der Waals surface area contributed by atoms with Crippen molar-refractivity contribution >= 4 is 5.97 Å². The van der Waals surface area contributed by atoms with Gasteiger partial charge in [-0.2, -0.15) is 0 Å². The van der Waals surface area contributed by atoms with Gasteiger partial charge < -0.3 is 9.47 Å². The largest absolute Gasteiger partial charge is 0.491 e. The first kappa shape index (κ1) is 30.3. The quantitative estimate of drug-likeness (QED) is 0.0978. The molecule has 3 aromatic rings. The van der Waals surface area contributed by atoms with Crippen molar-refractivity contribution in [2.75, 3.05) is 6.61 Å². The smallest absolute Gasteiger partial charge is 0.343 e. The molecule has 5 heteroatoms. The van der Waals surface area contributed by atoms with Gasteiger partial charge in [-0.3, -0.25) is 0 Å². The summed E-state index contributed by atoms with van der Waals surface area (Å²) in [4.78, 5) is 12.6. The Morgan fingerprint density at radius 1 is 0.641 bits per heavy atom. The van der Waals surface area contributed by atoms with Crippen LogP contribution in [0.4, 0.5) is 8.78 Å². The molecule has 210 valence electrons. The van der Waals surface area contributed by atoms with E-state index in [-0.39, 0.29) is 17.1 Å². The lowest BCUT2D eigenvalue weighted by Gasteiger charge is -2.10. The van der Waals surface area contributed by atoms with Crippen LogP contribution in [0.3, 0.4) is 0 Å². The molecule has 0 aliphatic carbocycles. The van der Waals surface area contributed by atoms with Gasteiger partial charge in [0.1, 0.15) is 0 Å². The van der Waals surface area contributed by atoms with E-state index in [1.165, 1.54) is 63.1 Å². The van der Waals surface area contributed by atoms with Crippen LogP contribution >= 0.6 is 0 Å². The van der Waals surface area contributed by atoms with Gasteiger partial charge in [-0.05, 0) is 72.4 Å². The first-order valence-electron chi connectivity index (χ1n) is 14.5. The number of esters is 1. The molecule has 0 N–H and O–H groups in total. The minimum atomic E-state index is -0.641. The Morgan fingerprint density at radius 2 is 1.23 bits per heavy atom. The van der Waals surface area contributed by atoms with Crippen molar-refractivity contribution in [3.63, 3.8) is 0 Å². The van der Waals surface area contributed by atoms with Crippen LogP contribution in [0.25, 0.3) is 11.1 Å². The fourth-order valence-corrected chi connectivity index (χ4v) is 4.53. The summed E-state index contributed by atoms with van der Waals surface area (Å²) in [7, 11) is 0. The molecule has 0 saturated carbocycles. The Morgan fingerprint density at radius 3 is 1.90 bits per heavy atom. The minimum Gasteiger partial charge on any atom is -0.491 e. The molecule has 0 fully saturated rings. The molecular weight excluding hydrogens is 494 g/mol. The van der Waals surface area contributed by atoms with Crippen LogP contribution in [0.1, 0.15) is 100 Å². The van der Waals surface area contributed by atoms with Gasteiger partial charge in [0, 0.05) is 0 Å². The third kappa shape index (κ3) is 10.1. The average molecular weight is 537 g/mol. The van der Waals surface area contributed by atoms with E-state index < -0.39 is 17.6 Å². The topological polar surface area (TPSA) is 35.5 Å². The van der Waals surface area contributed by atoms with E-state index in [1.54, 1.807) is 36.4 Å². The highest BCUT2D eigenvalue weighted by atomic mass is 19.1. The summed E-state index contributed by atoms with van der Waals surface area (Å²) in [5.41, 5.74) is 2.62. The van der Waals surface area contributed by atoms with Gasteiger partial charge in [0.05, 0.1) is 12.2 Å². The highest BCUT2D eigenvalue weighted by Gasteiger charge is 2.14. The van der Waals surface area contributed by atoms with E-state index >= 15 is 0 Å². The number of halogens is 2. The molecule has 0 amide bonds. The number of benzene rings is 3. The van der Waals surface area contributed by atoms with Gasteiger partial charge in [-0.15, -0.1) is 0 Å². The molecule has 3 nitrogen and oxygen atoms in total. The molecular formula is C34H42F2O3. The summed E-state index contributed by atoms with van der Waals surface area (Å²) in [5, 5.41) is 0. The van der Waals surface area contributed by atoms with Crippen molar-refractivity contribution in [1.82, 2.24) is 0 Å². The summed E-state index contributed by atoms with van der Waals surface area (Å²) >= 11 is 0. The molecule has 0 aromatic heterocycles. The molecule has 39 heavy (non-hydrogen) atoms. The molecule has 0 bridgehead atoms. The zero-order valence-electron chi connectivity index (χ0n) is 23.4. The van der Waals surface area contributed by atoms with E-state index in [0.717, 1.165) is 43.2 Å². The molecule has 0 radical (unpaired) electrons. The number of hydrogen-bond donors (Lipinski definition) is 0. The molecule has 0 aliphatic heterocycles. The number of unbranched alkanes of at least 4 members (excludes halogenated alkanes) is 9. The Bertz CT molecular complexity index is 1160. The lowest BCUT2D eigenvalue weighted by atomic mass is 10.0. The second kappa shape index (κ2) is 16.7. The van der Waals surface area contributed by atoms with Crippen molar-refractivity contribution in [3.05, 3.63) is 83.4 Å². The van der Waals surface area contributed by atoms with Crippen LogP contribution < -0.4 is 9.47 Å². The number of ether oxygens (including phenoxy) is 2. The van der Waals surface area contributed by atoms with Crippen LogP contribution in [0.5, 0.6) is 11.5 Å². The van der Waals surface area contributed by atoms with Crippen molar-refractivity contribution in [1.29, 1.82) is 0 Å². The third-order valence-electron chi connectivity index (χ3n) is 6.91. The van der Waals surface area contributed by atoms with Gasteiger partial charge in [-0.25, -0.2) is 13.6 Å². The van der Waals surface area contributed by atoms with Crippen LogP contribution in [0, 0.1) is 11.6 Å². The second-order valence-corrected chi connectivity index (χ2v) is 10.2. The predicted molar refractivity (Wildman–Crippen MR) is 155 cm³/mol. The number of carbonyl (C=O) groups is 1.